The fourth-order valence-corrected chi connectivity index (χ4v) is 7.21. The van der Waals surface area contributed by atoms with Crippen molar-refractivity contribution in [2.45, 2.75) is 17.0 Å². The van der Waals surface area contributed by atoms with Gasteiger partial charge in [0.2, 0.25) is 0 Å². The van der Waals surface area contributed by atoms with Gasteiger partial charge in [0.05, 0.1) is 28.4 Å². The maximum absolute atomic E-state index is 6.43. The Morgan fingerprint density at radius 2 is 1.36 bits per heavy atom. The number of anilines is 3. The molecule has 0 saturated carbocycles. The SMILES string of the molecule is [B]c1ccc2c(c1)C1(c3ccccc3N(c3ccccc3)c3ccccc31)C1N3CC=CC213. The van der Waals surface area contributed by atoms with Crippen molar-refractivity contribution in [2.24, 2.45) is 0 Å². The Hall–Kier alpha value is -3.56. The van der Waals surface area contributed by atoms with E-state index in [9.17, 15) is 0 Å². The molecule has 3 atom stereocenters. The van der Waals surface area contributed by atoms with Crippen LogP contribution in [-0.4, -0.2) is 25.3 Å². The van der Waals surface area contributed by atoms with E-state index in [0.717, 1.165) is 12.0 Å². The summed E-state index contributed by atoms with van der Waals surface area (Å²) in [5, 5.41) is 0. The predicted octanol–water partition coefficient (Wildman–Crippen LogP) is 5.06. The molecule has 0 aromatic heterocycles. The summed E-state index contributed by atoms with van der Waals surface area (Å²) >= 11 is 0. The summed E-state index contributed by atoms with van der Waals surface area (Å²) in [5.41, 5.74) is 9.76. The van der Waals surface area contributed by atoms with Crippen LogP contribution < -0.4 is 10.4 Å². The minimum atomic E-state index is -0.256. The highest BCUT2D eigenvalue weighted by Gasteiger charge is 2.78. The fourth-order valence-electron chi connectivity index (χ4n) is 7.21. The zero-order chi connectivity index (χ0) is 21.8. The highest BCUT2D eigenvalue weighted by molar-refractivity contribution is 6.32. The Bertz CT molecular complexity index is 1440. The van der Waals surface area contributed by atoms with Crippen molar-refractivity contribution in [3.8, 4) is 0 Å². The lowest BCUT2D eigenvalue weighted by Crippen LogP contribution is -2.42. The van der Waals surface area contributed by atoms with Crippen LogP contribution in [0, 0.1) is 0 Å². The second-order valence-corrected chi connectivity index (χ2v) is 9.60. The largest absolute Gasteiger partial charge is 0.310 e. The molecule has 2 nitrogen and oxygen atoms in total. The molecule has 0 N–H and O–H groups in total. The highest BCUT2D eigenvalue weighted by atomic mass is 15.4. The number of fused-ring (bicyclic) bond motifs is 8. The Morgan fingerprint density at radius 1 is 0.697 bits per heavy atom. The van der Waals surface area contributed by atoms with Crippen molar-refractivity contribution in [1.29, 1.82) is 0 Å². The molecular weight excluding hydrogens is 399 g/mol. The molecule has 33 heavy (non-hydrogen) atoms. The van der Waals surface area contributed by atoms with Crippen molar-refractivity contribution in [3.05, 3.63) is 131 Å². The second kappa shape index (κ2) is 5.86. The van der Waals surface area contributed by atoms with Crippen LogP contribution >= 0.6 is 0 Å². The number of para-hydroxylation sites is 3. The average Bonchev–Trinajstić information content (AvgIpc) is 3.17. The first kappa shape index (κ1) is 17.9. The zero-order valence-electron chi connectivity index (χ0n) is 18.1. The van der Waals surface area contributed by atoms with Crippen molar-refractivity contribution in [1.82, 2.24) is 4.90 Å². The minimum absolute atomic E-state index is 0.0157. The smallest absolute Gasteiger partial charge is 0.113 e. The average molecular weight is 420 g/mol. The van der Waals surface area contributed by atoms with Crippen LogP contribution in [0.2, 0.25) is 0 Å². The summed E-state index contributed by atoms with van der Waals surface area (Å²) in [5.74, 6) is 0. The molecule has 0 bridgehead atoms. The van der Waals surface area contributed by atoms with Crippen LogP contribution in [0.25, 0.3) is 0 Å². The lowest BCUT2D eigenvalue weighted by molar-refractivity contribution is 0.444. The monoisotopic (exact) mass is 420 g/mol. The van der Waals surface area contributed by atoms with Crippen LogP contribution in [0.1, 0.15) is 22.3 Å². The van der Waals surface area contributed by atoms with Gasteiger partial charge in [0.1, 0.15) is 7.85 Å². The topological polar surface area (TPSA) is 6.25 Å². The van der Waals surface area contributed by atoms with Gasteiger partial charge in [-0.25, -0.2) is 0 Å². The molecule has 1 fully saturated rings. The predicted molar refractivity (Wildman–Crippen MR) is 134 cm³/mol. The number of hydrogen-bond acceptors (Lipinski definition) is 2. The summed E-state index contributed by atoms with van der Waals surface area (Å²) in [6.07, 6.45) is 4.77. The maximum atomic E-state index is 6.43. The first-order chi connectivity index (χ1) is 16.3. The van der Waals surface area contributed by atoms with Gasteiger partial charge < -0.3 is 4.90 Å². The number of hydrogen-bond donors (Lipinski definition) is 0. The lowest BCUT2D eigenvalue weighted by Gasteiger charge is -2.45. The molecule has 2 spiro atoms. The van der Waals surface area contributed by atoms with Crippen molar-refractivity contribution < 1.29 is 0 Å². The van der Waals surface area contributed by atoms with Gasteiger partial charge in [-0.2, -0.15) is 0 Å². The van der Waals surface area contributed by atoms with Gasteiger partial charge in [-0.1, -0.05) is 90.4 Å². The standard InChI is InChI=1S/C30H21BN2/c31-20-15-16-22-25(19-20)30(28-29(22)17-8-18-32(28)29)23-11-4-6-13-26(23)33(21-9-2-1-3-10-21)27-14-7-5-12-24(27)30/h1-17,19,28H,18H2. The van der Waals surface area contributed by atoms with E-state index in [1.807, 2.05) is 0 Å². The lowest BCUT2D eigenvalue weighted by atomic mass is 9.65. The van der Waals surface area contributed by atoms with E-state index in [4.69, 9.17) is 7.85 Å². The number of nitrogens with zero attached hydrogens (tertiary/aromatic N) is 2. The Labute approximate surface area is 195 Å². The van der Waals surface area contributed by atoms with Crippen LogP contribution in [0.15, 0.2) is 109 Å². The van der Waals surface area contributed by atoms with E-state index >= 15 is 0 Å². The van der Waals surface area contributed by atoms with E-state index in [-0.39, 0.29) is 11.0 Å². The molecule has 3 aliphatic heterocycles. The number of benzene rings is 4. The normalized spacial score (nSPS) is 26.4. The summed E-state index contributed by atoms with van der Waals surface area (Å²) in [7, 11) is 6.43. The van der Waals surface area contributed by atoms with Gasteiger partial charge >= 0.3 is 0 Å². The second-order valence-electron chi connectivity index (χ2n) is 9.60. The van der Waals surface area contributed by atoms with Gasteiger partial charge in [-0.05, 0) is 46.5 Å². The molecule has 0 amide bonds. The van der Waals surface area contributed by atoms with Crippen molar-refractivity contribution in [3.63, 3.8) is 0 Å². The molecule has 4 aliphatic rings. The molecular formula is C30H21BN2. The summed E-state index contributed by atoms with van der Waals surface area (Å²) < 4.78 is 0. The third-order valence-corrected chi connectivity index (χ3v) is 8.27. The molecule has 1 aliphatic carbocycles. The van der Waals surface area contributed by atoms with E-state index in [0.29, 0.717) is 6.04 Å². The molecule has 3 heterocycles. The highest BCUT2D eigenvalue weighted by Crippen LogP contribution is 2.73. The minimum Gasteiger partial charge on any atom is -0.310 e. The maximum Gasteiger partial charge on any atom is 0.113 e. The van der Waals surface area contributed by atoms with Gasteiger partial charge in [-0.15, -0.1) is 0 Å². The molecule has 2 radical (unpaired) electrons. The van der Waals surface area contributed by atoms with E-state index < -0.39 is 0 Å². The molecule has 8 rings (SSSR count). The molecule has 1 saturated heterocycles. The van der Waals surface area contributed by atoms with Gasteiger partial charge in [0.15, 0.2) is 0 Å². The molecule has 3 heteroatoms. The summed E-state index contributed by atoms with van der Waals surface area (Å²) in [6.45, 7) is 1.00. The molecule has 3 unspecified atom stereocenters. The Balaban J connectivity index is 1.52. The van der Waals surface area contributed by atoms with Crippen LogP contribution in [0.5, 0.6) is 0 Å². The summed E-state index contributed by atoms with van der Waals surface area (Å²) in [6, 6.07) is 35.6. The van der Waals surface area contributed by atoms with Crippen LogP contribution in [0.4, 0.5) is 17.1 Å². The molecule has 4 aromatic rings. The Morgan fingerprint density at radius 3 is 2.09 bits per heavy atom. The third-order valence-electron chi connectivity index (χ3n) is 8.27. The van der Waals surface area contributed by atoms with Crippen molar-refractivity contribution >= 4 is 30.4 Å². The molecule has 154 valence electrons. The van der Waals surface area contributed by atoms with Crippen LogP contribution in [0.3, 0.4) is 0 Å². The Kier molecular flexibility index (Phi) is 3.19. The first-order valence-electron chi connectivity index (χ1n) is 11.7. The number of rotatable bonds is 1. The van der Waals surface area contributed by atoms with E-state index in [1.165, 1.54) is 39.3 Å². The quantitative estimate of drug-likeness (QED) is 0.241. The van der Waals surface area contributed by atoms with Crippen molar-refractivity contribution in [2.75, 3.05) is 11.4 Å². The third kappa shape index (κ3) is 1.90. The fraction of sp³-hybridized carbons (Fsp3) is 0.133. The zero-order valence-corrected chi connectivity index (χ0v) is 18.1. The van der Waals surface area contributed by atoms with E-state index in [1.54, 1.807) is 0 Å². The van der Waals surface area contributed by atoms with Gasteiger partial charge in [0.25, 0.3) is 0 Å². The summed E-state index contributed by atoms with van der Waals surface area (Å²) in [4.78, 5) is 5.09. The van der Waals surface area contributed by atoms with Gasteiger partial charge in [-0.3, -0.25) is 4.90 Å². The first-order valence-corrected chi connectivity index (χ1v) is 11.7. The van der Waals surface area contributed by atoms with Crippen LogP contribution in [-0.2, 0) is 11.0 Å². The molecule has 4 aromatic carbocycles. The van der Waals surface area contributed by atoms with E-state index in [2.05, 4.69) is 119 Å². The van der Waals surface area contributed by atoms with Gasteiger partial charge in [0, 0.05) is 12.2 Å².